The normalized spacial score (nSPS) is 16.6. The highest BCUT2D eigenvalue weighted by Crippen LogP contribution is 2.37. The summed E-state index contributed by atoms with van der Waals surface area (Å²) in [5.41, 5.74) is 3.22. The number of aryl methyl sites for hydroxylation is 1. The first-order valence-corrected chi connectivity index (χ1v) is 11.4. The SMILES string of the molecule is BC1(B)CCC(B)(B)N1c1cc(C(=O)Nc2cc3cc(-c4cncn4C)cnc3cn2)ccn1. The lowest BCUT2D eigenvalue weighted by Crippen LogP contribution is -2.56. The molecule has 4 aromatic rings. The first kappa shape index (κ1) is 22.3. The molecule has 0 saturated carbocycles. The van der Waals surface area contributed by atoms with Crippen LogP contribution in [0.4, 0.5) is 11.6 Å². The standard InChI is InChI=1S/C22H25B4N7O/c1-32-12-27-11-17(32)15-6-14-7-18(30-10-16(14)29-9-15)31-20(34)13-2-5-28-19(8-13)33-21(23,24)3-4-22(33,25)26/h2,5-12H,3-4,23-26H2,1H3,(H,30,31,34). The molecule has 1 amide bonds. The Morgan fingerprint density at radius 3 is 2.47 bits per heavy atom. The van der Waals surface area contributed by atoms with E-state index >= 15 is 0 Å². The molecule has 4 aromatic heterocycles. The van der Waals surface area contributed by atoms with Gasteiger partial charge in [-0.1, -0.05) is 0 Å². The van der Waals surface area contributed by atoms with Gasteiger partial charge < -0.3 is 14.8 Å². The van der Waals surface area contributed by atoms with Gasteiger partial charge in [-0.15, -0.1) is 0 Å². The van der Waals surface area contributed by atoms with Crippen molar-refractivity contribution in [1.29, 1.82) is 0 Å². The Morgan fingerprint density at radius 1 is 1.00 bits per heavy atom. The summed E-state index contributed by atoms with van der Waals surface area (Å²) < 4.78 is 1.94. The highest BCUT2D eigenvalue weighted by molar-refractivity contribution is 6.48. The van der Waals surface area contributed by atoms with E-state index in [4.69, 9.17) is 0 Å². The van der Waals surface area contributed by atoms with E-state index in [1.54, 1.807) is 37.2 Å². The molecule has 1 aliphatic rings. The molecule has 166 valence electrons. The molecule has 0 unspecified atom stereocenters. The van der Waals surface area contributed by atoms with Crippen molar-refractivity contribution in [2.45, 2.75) is 23.5 Å². The van der Waals surface area contributed by atoms with Gasteiger partial charge in [0.2, 0.25) is 0 Å². The Balaban J connectivity index is 1.42. The van der Waals surface area contributed by atoms with Gasteiger partial charge in [-0.05, 0) is 47.8 Å². The fraction of sp³-hybridized carbons (Fsp3) is 0.227. The summed E-state index contributed by atoms with van der Waals surface area (Å²) in [5.74, 6) is 1.07. The number of pyridine rings is 3. The topological polar surface area (TPSA) is 88.8 Å². The number of hydrogen-bond donors (Lipinski definition) is 1. The van der Waals surface area contributed by atoms with Gasteiger partial charge in [0, 0.05) is 36.0 Å². The summed E-state index contributed by atoms with van der Waals surface area (Å²) in [6.45, 7) is 0. The van der Waals surface area contributed by atoms with E-state index in [0.29, 0.717) is 11.4 Å². The lowest BCUT2D eigenvalue weighted by Gasteiger charge is -2.43. The van der Waals surface area contributed by atoms with Gasteiger partial charge in [-0.3, -0.25) is 9.78 Å². The van der Waals surface area contributed by atoms with E-state index in [2.05, 4.69) is 61.5 Å². The summed E-state index contributed by atoms with van der Waals surface area (Å²) in [5, 5.41) is 3.77. The third-order valence-corrected chi connectivity index (χ3v) is 6.72. The lowest BCUT2D eigenvalue weighted by molar-refractivity contribution is 0.102. The number of carbonyl (C=O) groups is 1. The second kappa shape index (κ2) is 8.04. The molecule has 5 rings (SSSR count). The largest absolute Gasteiger partial charge is 0.377 e. The molecule has 1 saturated heterocycles. The fourth-order valence-corrected chi connectivity index (χ4v) is 5.02. The van der Waals surface area contributed by atoms with E-state index in [9.17, 15) is 4.79 Å². The van der Waals surface area contributed by atoms with E-state index in [0.717, 1.165) is 40.8 Å². The summed E-state index contributed by atoms with van der Waals surface area (Å²) >= 11 is 0. The minimum Gasteiger partial charge on any atom is -0.377 e. The van der Waals surface area contributed by atoms with Crippen LogP contribution in [0.5, 0.6) is 0 Å². The van der Waals surface area contributed by atoms with Crippen molar-refractivity contribution in [3.8, 4) is 11.3 Å². The van der Waals surface area contributed by atoms with E-state index < -0.39 is 0 Å². The molecule has 34 heavy (non-hydrogen) atoms. The van der Waals surface area contributed by atoms with Crippen LogP contribution in [0, 0.1) is 0 Å². The van der Waals surface area contributed by atoms with E-state index in [-0.39, 0.29) is 16.6 Å². The Morgan fingerprint density at radius 2 is 1.76 bits per heavy atom. The zero-order valence-electron chi connectivity index (χ0n) is 20.2. The molecule has 1 N–H and O–H groups in total. The molecule has 0 radical (unpaired) electrons. The molecule has 5 heterocycles. The van der Waals surface area contributed by atoms with E-state index in [1.807, 2.05) is 29.8 Å². The first-order valence-electron chi connectivity index (χ1n) is 11.4. The smallest absolute Gasteiger partial charge is 0.257 e. The van der Waals surface area contributed by atoms with Crippen LogP contribution in [-0.4, -0.2) is 72.5 Å². The average molecular weight is 447 g/mol. The number of aromatic nitrogens is 5. The molecule has 0 spiro atoms. The number of fused-ring (bicyclic) bond motifs is 1. The van der Waals surface area contributed by atoms with Crippen LogP contribution in [0.1, 0.15) is 23.2 Å². The van der Waals surface area contributed by atoms with Crippen molar-refractivity contribution >= 4 is 59.8 Å². The van der Waals surface area contributed by atoms with Gasteiger partial charge in [0.25, 0.3) is 5.91 Å². The number of nitrogens with zero attached hydrogens (tertiary/aromatic N) is 6. The van der Waals surface area contributed by atoms with Gasteiger partial charge in [-0.2, -0.15) is 0 Å². The number of carbonyl (C=O) groups excluding carboxylic acids is 1. The third kappa shape index (κ3) is 3.97. The molecule has 12 heteroatoms. The molecule has 0 aromatic carbocycles. The zero-order chi connectivity index (χ0) is 24.1. The van der Waals surface area contributed by atoms with Crippen molar-refractivity contribution < 1.29 is 4.79 Å². The molecule has 0 bridgehead atoms. The quantitative estimate of drug-likeness (QED) is 0.410. The molecule has 0 aliphatic carbocycles. The number of rotatable bonds is 4. The molecule has 1 aliphatic heterocycles. The number of anilines is 2. The predicted molar refractivity (Wildman–Crippen MR) is 145 cm³/mol. The lowest BCUT2D eigenvalue weighted by atomic mass is 9.58. The van der Waals surface area contributed by atoms with Crippen molar-refractivity contribution in [3.05, 3.63) is 60.9 Å². The van der Waals surface area contributed by atoms with Gasteiger partial charge >= 0.3 is 0 Å². The van der Waals surface area contributed by atoms with Crippen LogP contribution < -0.4 is 10.2 Å². The van der Waals surface area contributed by atoms with Crippen LogP contribution in [-0.2, 0) is 7.05 Å². The van der Waals surface area contributed by atoms with Gasteiger partial charge in [0.1, 0.15) is 43.0 Å². The zero-order valence-corrected chi connectivity index (χ0v) is 20.2. The minimum absolute atomic E-state index is 0.0237. The Hall–Kier alpha value is -3.55. The van der Waals surface area contributed by atoms with Crippen LogP contribution in [0.2, 0.25) is 0 Å². The number of hydrogen-bond acceptors (Lipinski definition) is 6. The van der Waals surface area contributed by atoms with Crippen molar-refractivity contribution in [2.75, 3.05) is 10.2 Å². The fourth-order valence-electron chi connectivity index (χ4n) is 5.02. The Kier molecular flexibility index (Phi) is 5.26. The second-order valence-electron chi connectivity index (χ2n) is 10.2. The van der Waals surface area contributed by atoms with Gasteiger partial charge in [0.05, 0.1) is 29.9 Å². The monoisotopic (exact) mass is 447 g/mol. The summed E-state index contributed by atoms with van der Waals surface area (Å²) in [7, 11) is 10.8. The van der Waals surface area contributed by atoms with Crippen LogP contribution in [0.25, 0.3) is 22.2 Å². The highest BCUT2D eigenvalue weighted by Gasteiger charge is 2.44. The van der Waals surface area contributed by atoms with Crippen molar-refractivity contribution in [3.63, 3.8) is 0 Å². The van der Waals surface area contributed by atoms with Gasteiger partial charge in [-0.25, -0.2) is 15.0 Å². The summed E-state index contributed by atoms with van der Waals surface area (Å²) in [6.07, 6.45) is 10.9. The number of imidazole rings is 1. The van der Waals surface area contributed by atoms with Gasteiger partial charge in [0.15, 0.2) is 0 Å². The Labute approximate surface area is 202 Å². The maximum Gasteiger partial charge on any atom is 0.257 e. The predicted octanol–water partition coefficient (Wildman–Crippen LogP) is -0.882. The molecule has 8 nitrogen and oxygen atoms in total. The average Bonchev–Trinajstić information content (AvgIpc) is 3.32. The Bertz CT molecular complexity index is 1390. The van der Waals surface area contributed by atoms with Crippen LogP contribution in [0.3, 0.4) is 0 Å². The van der Waals surface area contributed by atoms with Crippen LogP contribution >= 0.6 is 0 Å². The maximum atomic E-state index is 13.1. The molecule has 1 fully saturated rings. The first-order chi connectivity index (χ1) is 16.1. The highest BCUT2D eigenvalue weighted by atomic mass is 16.1. The van der Waals surface area contributed by atoms with Crippen molar-refractivity contribution in [1.82, 2.24) is 24.5 Å². The molecular weight excluding hydrogens is 422 g/mol. The number of amides is 1. The maximum absolute atomic E-state index is 13.1. The minimum atomic E-state index is -0.221. The third-order valence-electron chi connectivity index (χ3n) is 6.72. The second-order valence-corrected chi connectivity index (χ2v) is 10.2. The summed E-state index contributed by atoms with van der Waals surface area (Å²) in [6, 6.07) is 7.47. The van der Waals surface area contributed by atoms with E-state index in [1.165, 1.54) is 0 Å². The molecule has 0 atom stereocenters. The van der Waals surface area contributed by atoms with Crippen LogP contribution in [0.15, 0.2) is 55.4 Å². The van der Waals surface area contributed by atoms with Crippen molar-refractivity contribution in [2.24, 2.45) is 7.05 Å². The molecular formula is C22H25B4N7O. The number of nitrogens with one attached hydrogen (secondary N) is 1. The summed E-state index contributed by atoms with van der Waals surface area (Å²) in [4.78, 5) is 33.1.